The van der Waals surface area contributed by atoms with E-state index in [0.717, 1.165) is 0 Å². The lowest BCUT2D eigenvalue weighted by Crippen LogP contribution is -2.25. The monoisotopic (exact) mass is 134 g/mol. The molecule has 0 N–H and O–H groups in total. The van der Waals surface area contributed by atoms with Crippen molar-refractivity contribution in [1.29, 1.82) is 0 Å². The molecule has 0 aliphatic rings. The molecule has 0 fully saturated rings. The van der Waals surface area contributed by atoms with Crippen LogP contribution >= 0.6 is 0 Å². The largest absolute Gasteiger partial charge is 0.232 e. The second-order valence-corrected chi connectivity index (χ2v) is 4.15. The van der Waals surface area contributed by atoms with Crippen molar-refractivity contribution >= 4 is 18.6 Å². The average Bonchev–Trinajstić information content (AvgIpc) is 1.67. The van der Waals surface area contributed by atoms with E-state index in [1.807, 2.05) is 6.92 Å². The summed E-state index contributed by atoms with van der Waals surface area (Å²) in [6.07, 6.45) is 0.686. The maximum atomic E-state index is 10.3. The summed E-state index contributed by atoms with van der Waals surface area (Å²) in [7, 11) is -0.523. The van der Waals surface area contributed by atoms with Crippen molar-refractivity contribution in [1.82, 2.24) is 0 Å². The van der Waals surface area contributed by atoms with Crippen LogP contribution in [0.25, 0.3) is 0 Å². The first-order chi connectivity index (χ1) is 3.50. The van der Waals surface area contributed by atoms with Gasteiger partial charge in [-0.2, -0.15) is 0 Å². The van der Waals surface area contributed by atoms with Gasteiger partial charge in [0, 0.05) is 4.65 Å². The van der Waals surface area contributed by atoms with Crippen LogP contribution in [0.4, 0.5) is 0 Å². The van der Waals surface area contributed by atoms with Crippen LogP contribution in [0.2, 0.25) is 0 Å². The van der Waals surface area contributed by atoms with Crippen molar-refractivity contribution < 1.29 is 8.42 Å². The molecule has 0 aromatic heterocycles. The first-order valence-corrected chi connectivity index (χ1v) is 3.83. The lowest BCUT2D eigenvalue weighted by molar-refractivity contribution is 0.592. The zero-order chi connectivity index (χ0) is 6.78. The standard InChI is InChI=1S/C4H11BO2S/c1-3-4(2,5)8(6)7/h8H,3,5H2,1-2H3. The molecular formula is C4H11BO2S. The van der Waals surface area contributed by atoms with Gasteiger partial charge in [-0.3, -0.25) is 0 Å². The molecule has 0 saturated heterocycles. The summed E-state index contributed by atoms with van der Waals surface area (Å²) in [6.45, 7) is 3.59. The number of hydrogen-bond donors (Lipinski definition) is 1. The van der Waals surface area contributed by atoms with Gasteiger partial charge in [0.15, 0.2) is 0 Å². The summed E-state index contributed by atoms with van der Waals surface area (Å²) in [5.41, 5.74) is 0. The number of hydrogen-bond acceptors (Lipinski definition) is 2. The van der Waals surface area contributed by atoms with Crippen LogP contribution in [0.1, 0.15) is 20.3 Å². The second-order valence-electron chi connectivity index (χ2n) is 2.42. The van der Waals surface area contributed by atoms with Gasteiger partial charge in [-0.1, -0.05) is 13.8 Å². The molecule has 0 heterocycles. The van der Waals surface area contributed by atoms with Gasteiger partial charge < -0.3 is 0 Å². The minimum Gasteiger partial charge on any atom is -0.232 e. The molecule has 48 valence electrons. The molecule has 0 radical (unpaired) electrons. The van der Waals surface area contributed by atoms with Crippen LogP contribution in [-0.4, -0.2) is 20.9 Å². The molecule has 0 amide bonds. The van der Waals surface area contributed by atoms with E-state index in [4.69, 9.17) is 0 Å². The maximum Gasteiger partial charge on any atom is 0.137 e. The van der Waals surface area contributed by atoms with Crippen LogP contribution in [0.3, 0.4) is 0 Å². The first kappa shape index (κ1) is 8.01. The summed E-state index contributed by atoms with van der Waals surface area (Å²) in [5, 5.41) is 0. The van der Waals surface area contributed by atoms with E-state index in [2.05, 4.69) is 0 Å². The predicted molar refractivity (Wildman–Crippen MR) is 37.6 cm³/mol. The van der Waals surface area contributed by atoms with Crippen molar-refractivity contribution in [3.05, 3.63) is 0 Å². The Morgan fingerprint density at radius 3 is 2.00 bits per heavy atom. The van der Waals surface area contributed by atoms with Gasteiger partial charge in [-0.15, -0.1) is 0 Å². The molecule has 0 aromatic rings. The lowest BCUT2D eigenvalue weighted by Gasteiger charge is -2.11. The van der Waals surface area contributed by atoms with E-state index in [0.29, 0.717) is 6.42 Å². The van der Waals surface area contributed by atoms with E-state index in [-0.39, 0.29) is 0 Å². The fourth-order valence-corrected chi connectivity index (χ4v) is 0.387. The highest BCUT2D eigenvalue weighted by Gasteiger charge is 2.17. The molecule has 0 spiro atoms. The van der Waals surface area contributed by atoms with Gasteiger partial charge in [0.25, 0.3) is 0 Å². The van der Waals surface area contributed by atoms with Gasteiger partial charge >= 0.3 is 0 Å². The zero-order valence-electron chi connectivity index (χ0n) is 5.47. The highest BCUT2D eigenvalue weighted by molar-refractivity contribution is 7.75. The molecule has 0 aliphatic carbocycles. The van der Waals surface area contributed by atoms with E-state index in [9.17, 15) is 8.42 Å². The van der Waals surface area contributed by atoms with Gasteiger partial charge in [-0.05, 0) is 6.42 Å². The van der Waals surface area contributed by atoms with Gasteiger partial charge in [0.2, 0.25) is 0 Å². The zero-order valence-corrected chi connectivity index (χ0v) is 6.37. The predicted octanol–water partition coefficient (Wildman–Crippen LogP) is -0.643. The fraction of sp³-hybridized carbons (Fsp3) is 1.00. The first-order valence-electron chi connectivity index (χ1n) is 2.65. The Labute approximate surface area is 52.6 Å². The maximum absolute atomic E-state index is 10.3. The summed E-state index contributed by atoms with van der Waals surface area (Å²) < 4.78 is 20.1. The van der Waals surface area contributed by atoms with Gasteiger partial charge in [-0.25, -0.2) is 8.42 Å². The van der Waals surface area contributed by atoms with Crippen molar-refractivity contribution in [2.45, 2.75) is 24.9 Å². The minimum atomic E-state index is -2.24. The normalized spacial score (nSPS) is 18.4. The highest BCUT2D eigenvalue weighted by atomic mass is 32.2. The lowest BCUT2D eigenvalue weighted by atomic mass is 9.86. The van der Waals surface area contributed by atoms with Crippen LogP contribution in [0, 0.1) is 0 Å². The SMILES string of the molecule is BC(C)(CC)[SH](=O)=O. The molecule has 0 bridgehead atoms. The Balaban J connectivity index is 4.13. The molecule has 2 nitrogen and oxygen atoms in total. The van der Waals surface area contributed by atoms with Crippen LogP contribution in [0.5, 0.6) is 0 Å². The van der Waals surface area contributed by atoms with Gasteiger partial charge in [0.05, 0.1) is 0 Å². The van der Waals surface area contributed by atoms with Crippen LogP contribution < -0.4 is 0 Å². The smallest absolute Gasteiger partial charge is 0.137 e. The Kier molecular flexibility index (Phi) is 2.54. The third-order valence-corrected chi connectivity index (χ3v) is 2.66. The molecule has 0 aromatic carbocycles. The van der Waals surface area contributed by atoms with Crippen molar-refractivity contribution in [2.75, 3.05) is 0 Å². The number of thiol groups is 1. The van der Waals surface area contributed by atoms with Crippen LogP contribution in [-0.2, 0) is 10.7 Å². The van der Waals surface area contributed by atoms with E-state index in [1.54, 1.807) is 14.8 Å². The molecule has 0 aliphatic heterocycles. The quantitative estimate of drug-likeness (QED) is 0.402. The van der Waals surface area contributed by atoms with Crippen molar-refractivity contribution in [2.24, 2.45) is 0 Å². The Morgan fingerprint density at radius 2 is 2.00 bits per heavy atom. The molecule has 4 heteroatoms. The summed E-state index contributed by atoms with van der Waals surface area (Å²) in [5.74, 6) is 0. The summed E-state index contributed by atoms with van der Waals surface area (Å²) in [4.78, 5) is 0. The number of rotatable bonds is 2. The average molecular weight is 134 g/mol. The van der Waals surface area contributed by atoms with E-state index in [1.165, 1.54) is 0 Å². The summed E-state index contributed by atoms with van der Waals surface area (Å²) in [6, 6.07) is 0. The van der Waals surface area contributed by atoms with E-state index >= 15 is 0 Å². The topological polar surface area (TPSA) is 34.1 Å². The molecule has 1 atom stereocenters. The third kappa shape index (κ3) is 1.86. The minimum absolute atomic E-state index is 0.505. The van der Waals surface area contributed by atoms with Crippen molar-refractivity contribution in [3.63, 3.8) is 0 Å². The molecule has 0 saturated carbocycles. The molecular weight excluding hydrogens is 123 g/mol. The van der Waals surface area contributed by atoms with Crippen LogP contribution in [0.15, 0.2) is 0 Å². The van der Waals surface area contributed by atoms with E-state index < -0.39 is 15.4 Å². The molecule has 0 rings (SSSR count). The highest BCUT2D eigenvalue weighted by Crippen LogP contribution is 2.06. The summed E-state index contributed by atoms with van der Waals surface area (Å²) >= 11 is 0. The Morgan fingerprint density at radius 1 is 1.62 bits per heavy atom. The van der Waals surface area contributed by atoms with Gasteiger partial charge in [0.1, 0.15) is 18.6 Å². The Bertz CT molecular complexity index is 131. The molecule has 8 heavy (non-hydrogen) atoms. The van der Waals surface area contributed by atoms with Crippen molar-refractivity contribution in [3.8, 4) is 0 Å². The third-order valence-electron chi connectivity index (χ3n) is 1.36. The Hall–Kier alpha value is 0.0149. The fourth-order valence-electron chi connectivity index (χ4n) is 0.129. The molecule has 1 unspecified atom stereocenters. The second kappa shape index (κ2) is 2.53.